The summed E-state index contributed by atoms with van der Waals surface area (Å²) in [5, 5.41) is 9.90. The van der Waals surface area contributed by atoms with Crippen molar-refractivity contribution in [3.63, 3.8) is 0 Å². The normalized spacial score (nSPS) is 13.1. The van der Waals surface area contributed by atoms with Crippen molar-refractivity contribution in [3.05, 3.63) is 24.2 Å². The Bertz CT molecular complexity index is 287. The van der Waals surface area contributed by atoms with Gasteiger partial charge >= 0.3 is 0 Å². The minimum absolute atomic E-state index is 0.257. The SMILES string of the molecule is CCCC(O)CN(CCCOC)Cc1ccco1. The van der Waals surface area contributed by atoms with Crippen LogP contribution in [0.25, 0.3) is 0 Å². The Morgan fingerprint density at radius 3 is 2.94 bits per heavy atom. The first-order valence-electron chi connectivity index (χ1n) is 6.68. The molecule has 0 fully saturated rings. The van der Waals surface area contributed by atoms with E-state index in [1.54, 1.807) is 13.4 Å². The van der Waals surface area contributed by atoms with Gasteiger partial charge in [0.15, 0.2) is 0 Å². The molecule has 0 spiro atoms. The van der Waals surface area contributed by atoms with Gasteiger partial charge in [0.2, 0.25) is 0 Å². The number of methoxy groups -OCH3 is 1. The van der Waals surface area contributed by atoms with Crippen LogP contribution in [-0.2, 0) is 11.3 Å². The smallest absolute Gasteiger partial charge is 0.117 e. The van der Waals surface area contributed by atoms with Gasteiger partial charge in [0.1, 0.15) is 5.76 Å². The lowest BCUT2D eigenvalue weighted by Crippen LogP contribution is -2.33. The van der Waals surface area contributed by atoms with Crippen LogP contribution in [0.2, 0.25) is 0 Å². The minimum Gasteiger partial charge on any atom is -0.468 e. The number of hydrogen-bond donors (Lipinski definition) is 1. The summed E-state index contributed by atoms with van der Waals surface area (Å²) in [7, 11) is 1.71. The van der Waals surface area contributed by atoms with Crippen molar-refractivity contribution in [1.29, 1.82) is 0 Å². The molecule has 1 unspecified atom stereocenters. The molecule has 104 valence electrons. The van der Waals surface area contributed by atoms with Gasteiger partial charge in [-0.15, -0.1) is 0 Å². The zero-order valence-corrected chi connectivity index (χ0v) is 11.5. The van der Waals surface area contributed by atoms with E-state index in [1.807, 2.05) is 12.1 Å². The monoisotopic (exact) mass is 255 g/mol. The van der Waals surface area contributed by atoms with Crippen molar-refractivity contribution in [3.8, 4) is 0 Å². The molecule has 4 nitrogen and oxygen atoms in total. The summed E-state index contributed by atoms with van der Waals surface area (Å²) in [6.45, 7) is 5.19. The zero-order chi connectivity index (χ0) is 13.2. The highest BCUT2D eigenvalue weighted by molar-refractivity contribution is 4.97. The van der Waals surface area contributed by atoms with E-state index in [0.717, 1.165) is 44.7 Å². The van der Waals surface area contributed by atoms with Crippen LogP contribution in [0.5, 0.6) is 0 Å². The molecule has 1 N–H and O–H groups in total. The second-order valence-electron chi connectivity index (χ2n) is 4.60. The average Bonchev–Trinajstić information content (AvgIpc) is 2.82. The summed E-state index contributed by atoms with van der Waals surface area (Å²) < 4.78 is 10.4. The van der Waals surface area contributed by atoms with Crippen LogP contribution in [0.4, 0.5) is 0 Å². The van der Waals surface area contributed by atoms with Crippen molar-refractivity contribution < 1.29 is 14.3 Å². The zero-order valence-electron chi connectivity index (χ0n) is 11.5. The topological polar surface area (TPSA) is 45.8 Å². The number of rotatable bonds is 10. The molecule has 4 heteroatoms. The fraction of sp³-hybridized carbons (Fsp3) is 0.714. The van der Waals surface area contributed by atoms with Gasteiger partial charge in [-0.25, -0.2) is 0 Å². The highest BCUT2D eigenvalue weighted by Crippen LogP contribution is 2.08. The molecule has 1 atom stereocenters. The summed E-state index contributed by atoms with van der Waals surface area (Å²) >= 11 is 0. The van der Waals surface area contributed by atoms with Gasteiger partial charge in [-0.3, -0.25) is 4.90 Å². The second-order valence-corrected chi connectivity index (χ2v) is 4.60. The molecule has 0 amide bonds. The fourth-order valence-electron chi connectivity index (χ4n) is 2.01. The lowest BCUT2D eigenvalue weighted by molar-refractivity contribution is 0.0894. The number of furan rings is 1. The van der Waals surface area contributed by atoms with E-state index < -0.39 is 0 Å². The average molecular weight is 255 g/mol. The predicted octanol–water partition coefficient (Wildman–Crippen LogP) is 2.28. The number of hydrogen-bond acceptors (Lipinski definition) is 4. The maximum Gasteiger partial charge on any atom is 0.117 e. The third-order valence-corrected chi connectivity index (χ3v) is 2.87. The predicted molar refractivity (Wildman–Crippen MR) is 71.4 cm³/mol. The molecule has 1 heterocycles. The molecular weight excluding hydrogens is 230 g/mol. The molecule has 1 aromatic heterocycles. The molecule has 18 heavy (non-hydrogen) atoms. The van der Waals surface area contributed by atoms with Crippen LogP contribution >= 0.6 is 0 Å². The van der Waals surface area contributed by atoms with Crippen LogP contribution in [0.15, 0.2) is 22.8 Å². The maximum atomic E-state index is 9.90. The van der Waals surface area contributed by atoms with Crippen LogP contribution in [0.1, 0.15) is 31.9 Å². The standard InChI is InChI=1S/C14H25NO3/c1-3-6-13(16)11-15(8-5-9-17-2)12-14-7-4-10-18-14/h4,7,10,13,16H,3,5-6,8-9,11-12H2,1-2H3. The van der Waals surface area contributed by atoms with E-state index in [0.29, 0.717) is 6.54 Å². The minimum atomic E-state index is -0.257. The fourth-order valence-corrected chi connectivity index (χ4v) is 2.01. The van der Waals surface area contributed by atoms with Crippen LogP contribution < -0.4 is 0 Å². The molecular formula is C14H25NO3. The first-order valence-corrected chi connectivity index (χ1v) is 6.68. The Balaban J connectivity index is 2.40. The van der Waals surface area contributed by atoms with Gasteiger partial charge in [0.25, 0.3) is 0 Å². The van der Waals surface area contributed by atoms with E-state index in [2.05, 4.69) is 11.8 Å². The van der Waals surface area contributed by atoms with Gasteiger partial charge in [0.05, 0.1) is 18.9 Å². The Morgan fingerprint density at radius 2 is 2.33 bits per heavy atom. The second kappa shape index (κ2) is 9.14. The summed E-state index contributed by atoms with van der Waals surface area (Å²) in [6, 6.07) is 3.86. The lowest BCUT2D eigenvalue weighted by atomic mass is 10.2. The van der Waals surface area contributed by atoms with E-state index >= 15 is 0 Å². The van der Waals surface area contributed by atoms with Crippen LogP contribution in [-0.4, -0.2) is 42.9 Å². The number of aliphatic hydroxyl groups excluding tert-OH is 1. The molecule has 1 rings (SSSR count). The summed E-state index contributed by atoms with van der Waals surface area (Å²) in [5.74, 6) is 0.941. The number of ether oxygens (including phenoxy) is 1. The Hall–Kier alpha value is -0.840. The van der Waals surface area contributed by atoms with Gasteiger partial charge in [-0.05, 0) is 25.0 Å². The largest absolute Gasteiger partial charge is 0.468 e. The van der Waals surface area contributed by atoms with Gasteiger partial charge < -0.3 is 14.3 Å². The molecule has 0 saturated heterocycles. The van der Waals surface area contributed by atoms with Crippen LogP contribution in [0.3, 0.4) is 0 Å². The van der Waals surface area contributed by atoms with Crippen molar-refractivity contribution in [2.24, 2.45) is 0 Å². The highest BCUT2D eigenvalue weighted by atomic mass is 16.5. The molecule has 0 aliphatic heterocycles. The van der Waals surface area contributed by atoms with Gasteiger partial charge in [0, 0.05) is 26.8 Å². The Morgan fingerprint density at radius 1 is 1.50 bits per heavy atom. The van der Waals surface area contributed by atoms with Crippen molar-refractivity contribution in [2.75, 3.05) is 26.8 Å². The molecule has 0 aliphatic carbocycles. The molecule has 0 radical (unpaired) electrons. The molecule has 0 aromatic carbocycles. The van der Waals surface area contributed by atoms with Gasteiger partial charge in [-0.2, -0.15) is 0 Å². The van der Waals surface area contributed by atoms with E-state index in [9.17, 15) is 5.11 Å². The van der Waals surface area contributed by atoms with Crippen LogP contribution in [0, 0.1) is 0 Å². The van der Waals surface area contributed by atoms with Gasteiger partial charge in [-0.1, -0.05) is 13.3 Å². The third-order valence-electron chi connectivity index (χ3n) is 2.87. The van der Waals surface area contributed by atoms with Crippen molar-refractivity contribution in [1.82, 2.24) is 4.90 Å². The Labute approximate surface area is 110 Å². The molecule has 0 saturated carbocycles. The highest BCUT2D eigenvalue weighted by Gasteiger charge is 2.12. The molecule has 0 aliphatic rings. The van der Waals surface area contributed by atoms with Crippen molar-refractivity contribution >= 4 is 0 Å². The number of nitrogens with zero attached hydrogens (tertiary/aromatic N) is 1. The quantitative estimate of drug-likeness (QED) is 0.652. The lowest BCUT2D eigenvalue weighted by Gasteiger charge is -2.24. The first kappa shape index (κ1) is 15.2. The van der Waals surface area contributed by atoms with Crippen molar-refractivity contribution in [2.45, 2.75) is 38.8 Å². The summed E-state index contributed by atoms with van der Waals surface area (Å²) in [5.41, 5.74) is 0. The summed E-state index contributed by atoms with van der Waals surface area (Å²) in [6.07, 6.45) is 4.25. The Kier molecular flexibility index (Phi) is 7.73. The molecule has 1 aromatic rings. The van der Waals surface area contributed by atoms with E-state index in [1.165, 1.54) is 0 Å². The maximum absolute atomic E-state index is 9.90. The van der Waals surface area contributed by atoms with E-state index in [-0.39, 0.29) is 6.10 Å². The molecule has 0 bridgehead atoms. The summed E-state index contributed by atoms with van der Waals surface area (Å²) in [4.78, 5) is 2.22. The van der Waals surface area contributed by atoms with E-state index in [4.69, 9.17) is 9.15 Å². The first-order chi connectivity index (χ1) is 8.76. The third kappa shape index (κ3) is 6.19. The number of aliphatic hydroxyl groups is 1.